The highest BCUT2D eigenvalue weighted by molar-refractivity contribution is 9.10. The minimum atomic E-state index is 0.761. The van der Waals surface area contributed by atoms with E-state index in [0.29, 0.717) is 0 Å². The van der Waals surface area contributed by atoms with Crippen molar-refractivity contribution >= 4 is 15.9 Å². The first kappa shape index (κ1) is 15.0. The van der Waals surface area contributed by atoms with Crippen LogP contribution in [0.4, 0.5) is 0 Å². The van der Waals surface area contributed by atoms with Crippen LogP contribution in [0, 0.1) is 5.92 Å². The highest BCUT2D eigenvalue weighted by atomic mass is 79.9. The normalized spacial score (nSPS) is 23.5. The van der Waals surface area contributed by atoms with Gasteiger partial charge in [0, 0.05) is 10.5 Å². The summed E-state index contributed by atoms with van der Waals surface area (Å²) in [4.78, 5) is 0. The summed E-state index contributed by atoms with van der Waals surface area (Å²) in [5, 5.41) is 7.02. The zero-order chi connectivity index (χ0) is 13.5. The van der Waals surface area contributed by atoms with Crippen LogP contribution in [0.25, 0.3) is 0 Å². The Morgan fingerprint density at radius 3 is 2.58 bits per heavy atom. The minimum Gasteiger partial charge on any atom is -0.317 e. The highest BCUT2D eigenvalue weighted by Crippen LogP contribution is 2.23. The molecule has 2 nitrogen and oxygen atoms in total. The van der Waals surface area contributed by atoms with Crippen LogP contribution in [0.15, 0.2) is 28.7 Å². The first-order valence-electron chi connectivity index (χ1n) is 7.41. The topological polar surface area (TPSA) is 24.1 Å². The fraction of sp³-hybridized carbons (Fsp3) is 0.625. The lowest BCUT2D eigenvalue weighted by Crippen LogP contribution is -2.34. The molecule has 106 valence electrons. The average Bonchev–Trinajstić information content (AvgIpc) is 2.46. The van der Waals surface area contributed by atoms with Gasteiger partial charge in [-0.1, -0.05) is 34.1 Å². The van der Waals surface area contributed by atoms with E-state index in [1.54, 1.807) is 0 Å². The van der Waals surface area contributed by atoms with Crippen molar-refractivity contribution in [2.24, 2.45) is 5.92 Å². The van der Waals surface area contributed by atoms with Crippen LogP contribution in [-0.4, -0.2) is 26.2 Å². The molecule has 0 bridgehead atoms. The minimum absolute atomic E-state index is 0.761. The summed E-state index contributed by atoms with van der Waals surface area (Å²) < 4.78 is 1.23. The van der Waals surface area contributed by atoms with Crippen LogP contribution >= 0.6 is 15.9 Å². The number of hydrogen-bond acceptors (Lipinski definition) is 2. The lowest BCUT2D eigenvalue weighted by molar-refractivity contribution is 0.293. The molecular weight excluding hydrogens is 300 g/mol. The van der Waals surface area contributed by atoms with Gasteiger partial charge in [-0.2, -0.15) is 0 Å². The second-order valence-electron chi connectivity index (χ2n) is 5.55. The van der Waals surface area contributed by atoms with Crippen molar-refractivity contribution in [2.45, 2.75) is 38.1 Å². The van der Waals surface area contributed by atoms with E-state index in [-0.39, 0.29) is 0 Å². The van der Waals surface area contributed by atoms with Gasteiger partial charge in [0.25, 0.3) is 0 Å². The third kappa shape index (κ3) is 4.90. The van der Waals surface area contributed by atoms with Gasteiger partial charge in [-0.25, -0.2) is 0 Å². The molecule has 0 aliphatic heterocycles. The molecule has 0 saturated heterocycles. The second-order valence-corrected chi connectivity index (χ2v) is 6.41. The third-order valence-electron chi connectivity index (χ3n) is 4.22. The molecule has 1 aliphatic carbocycles. The smallest absolute Gasteiger partial charge is 0.0207 e. The molecule has 0 radical (unpaired) electrons. The fourth-order valence-electron chi connectivity index (χ4n) is 2.89. The molecule has 19 heavy (non-hydrogen) atoms. The quantitative estimate of drug-likeness (QED) is 0.784. The predicted molar refractivity (Wildman–Crippen MR) is 85.5 cm³/mol. The SMILES string of the molecule is CNC1CCC(CNCCc2ccccc2Br)CC1. The summed E-state index contributed by atoms with van der Waals surface area (Å²) in [5.41, 5.74) is 1.40. The standard InChI is InChI=1S/C16H25BrN2/c1-18-15-8-6-13(7-9-15)12-19-11-10-14-4-2-3-5-16(14)17/h2-5,13,15,18-19H,6-12H2,1H3. The Morgan fingerprint density at radius 2 is 1.89 bits per heavy atom. The Labute approximate surface area is 125 Å². The fourth-order valence-corrected chi connectivity index (χ4v) is 3.37. The Hall–Kier alpha value is -0.380. The van der Waals surface area contributed by atoms with Crippen molar-refractivity contribution < 1.29 is 0 Å². The Morgan fingerprint density at radius 1 is 1.16 bits per heavy atom. The average molecular weight is 325 g/mol. The largest absolute Gasteiger partial charge is 0.317 e. The van der Waals surface area contributed by atoms with Crippen LogP contribution in [0.3, 0.4) is 0 Å². The van der Waals surface area contributed by atoms with E-state index in [0.717, 1.165) is 24.9 Å². The molecule has 3 heteroatoms. The molecule has 1 aromatic carbocycles. The molecule has 1 aromatic rings. The van der Waals surface area contributed by atoms with Crippen LogP contribution < -0.4 is 10.6 Å². The molecular formula is C16H25BrN2. The van der Waals surface area contributed by atoms with E-state index in [1.807, 2.05) is 0 Å². The van der Waals surface area contributed by atoms with Crippen molar-refractivity contribution in [2.75, 3.05) is 20.1 Å². The summed E-state index contributed by atoms with van der Waals surface area (Å²) in [7, 11) is 2.08. The van der Waals surface area contributed by atoms with Gasteiger partial charge in [0.1, 0.15) is 0 Å². The number of halogens is 1. The molecule has 0 atom stereocenters. The Bertz CT molecular complexity index is 373. The van der Waals surface area contributed by atoms with Crippen molar-refractivity contribution in [1.82, 2.24) is 10.6 Å². The van der Waals surface area contributed by atoms with Crippen LogP contribution in [0.2, 0.25) is 0 Å². The summed E-state index contributed by atoms with van der Waals surface area (Å²) >= 11 is 3.60. The van der Waals surface area contributed by atoms with Gasteiger partial charge in [0.05, 0.1) is 0 Å². The maximum atomic E-state index is 3.62. The highest BCUT2D eigenvalue weighted by Gasteiger charge is 2.19. The van der Waals surface area contributed by atoms with Gasteiger partial charge in [-0.3, -0.25) is 0 Å². The number of rotatable bonds is 6. The molecule has 0 unspecified atom stereocenters. The molecule has 1 fully saturated rings. The maximum absolute atomic E-state index is 3.62. The lowest BCUT2D eigenvalue weighted by Gasteiger charge is -2.28. The van der Waals surface area contributed by atoms with Crippen LogP contribution in [0.5, 0.6) is 0 Å². The second kappa shape index (κ2) is 8.03. The van der Waals surface area contributed by atoms with Gasteiger partial charge in [-0.05, 0) is 69.8 Å². The molecule has 0 amide bonds. The molecule has 2 N–H and O–H groups in total. The van der Waals surface area contributed by atoms with Gasteiger partial charge in [0.15, 0.2) is 0 Å². The van der Waals surface area contributed by atoms with E-state index in [4.69, 9.17) is 0 Å². The first-order valence-corrected chi connectivity index (χ1v) is 8.20. The molecule has 0 heterocycles. The molecule has 2 rings (SSSR count). The zero-order valence-corrected chi connectivity index (χ0v) is 13.4. The van der Waals surface area contributed by atoms with Crippen molar-refractivity contribution in [3.05, 3.63) is 34.3 Å². The monoisotopic (exact) mass is 324 g/mol. The summed E-state index contributed by atoms with van der Waals surface area (Å²) in [6, 6.07) is 9.26. The number of nitrogens with one attached hydrogen (secondary N) is 2. The van der Waals surface area contributed by atoms with Crippen LogP contribution in [-0.2, 0) is 6.42 Å². The van der Waals surface area contributed by atoms with Gasteiger partial charge >= 0.3 is 0 Å². The van der Waals surface area contributed by atoms with Crippen molar-refractivity contribution in [3.63, 3.8) is 0 Å². The number of benzene rings is 1. The zero-order valence-electron chi connectivity index (χ0n) is 11.8. The third-order valence-corrected chi connectivity index (χ3v) is 4.99. The van der Waals surface area contributed by atoms with E-state index in [1.165, 1.54) is 42.3 Å². The summed E-state index contributed by atoms with van der Waals surface area (Å²) in [6.07, 6.45) is 6.52. The summed E-state index contributed by atoms with van der Waals surface area (Å²) in [6.45, 7) is 2.26. The Balaban J connectivity index is 1.61. The molecule has 0 aromatic heterocycles. The maximum Gasteiger partial charge on any atom is 0.0207 e. The van der Waals surface area contributed by atoms with Crippen molar-refractivity contribution in [3.8, 4) is 0 Å². The van der Waals surface area contributed by atoms with E-state index in [2.05, 4.69) is 57.9 Å². The van der Waals surface area contributed by atoms with Gasteiger partial charge in [-0.15, -0.1) is 0 Å². The number of hydrogen-bond donors (Lipinski definition) is 2. The van der Waals surface area contributed by atoms with Crippen LogP contribution in [0.1, 0.15) is 31.2 Å². The molecule has 0 spiro atoms. The lowest BCUT2D eigenvalue weighted by atomic mass is 9.86. The van der Waals surface area contributed by atoms with E-state index in [9.17, 15) is 0 Å². The van der Waals surface area contributed by atoms with Crippen molar-refractivity contribution in [1.29, 1.82) is 0 Å². The molecule has 1 saturated carbocycles. The first-order chi connectivity index (χ1) is 9.29. The van der Waals surface area contributed by atoms with Gasteiger partial charge in [0.2, 0.25) is 0 Å². The molecule has 1 aliphatic rings. The predicted octanol–water partition coefficient (Wildman–Crippen LogP) is 3.36. The van der Waals surface area contributed by atoms with E-state index >= 15 is 0 Å². The van der Waals surface area contributed by atoms with E-state index < -0.39 is 0 Å². The van der Waals surface area contributed by atoms with Gasteiger partial charge < -0.3 is 10.6 Å². The Kier molecular flexibility index (Phi) is 6.35. The summed E-state index contributed by atoms with van der Waals surface area (Å²) in [5.74, 6) is 0.879.